The van der Waals surface area contributed by atoms with Gasteiger partial charge in [0.1, 0.15) is 0 Å². The van der Waals surface area contributed by atoms with Gasteiger partial charge in [-0.1, -0.05) is 36.4 Å². The Hall–Kier alpha value is -1.93. The molecule has 0 saturated carbocycles. The Morgan fingerprint density at radius 3 is 2.54 bits per heavy atom. The fourth-order valence-corrected chi connectivity index (χ4v) is 3.92. The minimum atomic E-state index is -3.66. The molecular formula is C18H22ClN3O3S. The van der Waals surface area contributed by atoms with Crippen LogP contribution in [0.25, 0.3) is 0 Å². The van der Waals surface area contributed by atoms with Crippen molar-refractivity contribution >= 4 is 28.3 Å². The van der Waals surface area contributed by atoms with E-state index in [4.69, 9.17) is 0 Å². The van der Waals surface area contributed by atoms with Crippen LogP contribution in [-0.4, -0.2) is 32.2 Å². The van der Waals surface area contributed by atoms with Gasteiger partial charge in [-0.3, -0.25) is 4.79 Å². The lowest BCUT2D eigenvalue weighted by Crippen LogP contribution is -2.38. The number of benzene rings is 2. The lowest BCUT2D eigenvalue weighted by Gasteiger charge is -2.17. The number of carbonyl (C=O) groups is 1. The van der Waals surface area contributed by atoms with E-state index in [1.807, 2.05) is 6.07 Å². The molecule has 1 amide bonds. The fourth-order valence-electron chi connectivity index (χ4n) is 2.77. The Morgan fingerprint density at radius 1 is 1.12 bits per heavy atom. The van der Waals surface area contributed by atoms with Gasteiger partial charge < -0.3 is 10.6 Å². The van der Waals surface area contributed by atoms with Crippen LogP contribution < -0.4 is 10.6 Å². The molecule has 0 spiro atoms. The van der Waals surface area contributed by atoms with E-state index >= 15 is 0 Å². The number of nitrogens with one attached hydrogen (secondary N) is 2. The maximum atomic E-state index is 12.4. The van der Waals surface area contributed by atoms with Crippen LogP contribution in [0.1, 0.15) is 16.7 Å². The van der Waals surface area contributed by atoms with Crippen LogP contribution in [0.5, 0.6) is 0 Å². The summed E-state index contributed by atoms with van der Waals surface area (Å²) in [6.07, 6.45) is 0. The Kier molecular flexibility index (Phi) is 6.77. The highest BCUT2D eigenvalue weighted by atomic mass is 35.5. The summed E-state index contributed by atoms with van der Waals surface area (Å²) in [6, 6.07) is 14.2. The average molecular weight is 396 g/mol. The summed E-state index contributed by atoms with van der Waals surface area (Å²) in [4.78, 5) is 12.3. The van der Waals surface area contributed by atoms with Gasteiger partial charge in [-0.05, 0) is 28.8 Å². The molecule has 26 heavy (non-hydrogen) atoms. The van der Waals surface area contributed by atoms with Crippen molar-refractivity contribution in [2.24, 2.45) is 0 Å². The maximum Gasteiger partial charge on any atom is 0.243 e. The SMILES string of the molecule is CN(CC(=O)NCc1ccc2c(c1)CNC2)S(=O)(=O)c1ccccc1.Cl. The first-order chi connectivity index (χ1) is 12.0. The van der Waals surface area contributed by atoms with E-state index in [-0.39, 0.29) is 29.8 Å². The molecule has 1 aliphatic rings. The number of nitrogens with zero attached hydrogens (tertiary/aromatic N) is 1. The third-order valence-electron chi connectivity index (χ3n) is 4.21. The van der Waals surface area contributed by atoms with Gasteiger partial charge in [0.25, 0.3) is 0 Å². The number of carbonyl (C=O) groups excluding carboxylic acids is 1. The largest absolute Gasteiger partial charge is 0.351 e. The molecule has 0 aromatic heterocycles. The number of hydrogen-bond acceptors (Lipinski definition) is 4. The summed E-state index contributed by atoms with van der Waals surface area (Å²) < 4.78 is 25.9. The number of amides is 1. The fraction of sp³-hybridized carbons (Fsp3) is 0.278. The zero-order chi connectivity index (χ0) is 17.9. The molecule has 2 N–H and O–H groups in total. The van der Waals surface area contributed by atoms with E-state index in [0.29, 0.717) is 6.54 Å². The summed E-state index contributed by atoms with van der Waals surface area (Å²) in [5, 5.41) is 6.06. The van der Waals surface area contributed by atoms with Crippen LogP contribution in [0.15, 0.2) is 53.4 Å². The van der Waals surface area contributed by atoms with Gasteiger partial charge in [0.2, 0.25) is 15.9 Å². The Bertz CT molecular complexity index is 873. The maximum absolute atomic E-state index is 12.4. The summed E-state index contributed by atoms with van der Waals surface area (Å²) >= 11 is 0. The van der Waals surface area contributed by atoms with Gasteiger partial charge in [0.15, 0.2) is 0 Å². The number of halogens is 1. The molecular weight excluding hydrogens is 374 g/mol. The van der Waals surface area contributed by atoms with E-state index in [1.165, 1.54) is 30.3 Å². The van der Waals surface area contributed by atoms with Gasteiger partial charge in [0.05, 0.1) is 11.4 Å². The summed E-state index contributed by atoms with van der Waals surface area (Å²) in [5.74, 6) is -0.333. The molecule has 3 rings (SSSR count). The molecule has 0 bridgehead atoms. The van der Waals surface area contributed by atoms with E-state index in [0.717, 1.165) is 23.0 Å². The highest BCUT2D eigenvalue weighted by Crippen LogP contribution is 2.17. The Labute approximate surface area is 160 Å². The van der Waals surface area contributed by atoms with Crippen molar-refractivity contribution in [1.29, 1.82) is 0 Å². The normalized spacial score (nSPS) is 13.2. The van der Waals surface area contributed by atoms with E-state index < -0.39 is 10.0 Å². The smallest absolute Gasteiger partial charge is 0.243 e. The topological polar surface area (TPSA) is 78.5 Å². The Balaban J connectivity index is 0.00000243. The Morgan fingerprint density at radius 2 is 1.81 bits per heavy atom. The molecule has 0 radical (unpaired) electrons. The monoisotopic (exact) mass is 395 g/mol. The molecule has 0 atom stereocenters. The predicted octanol–water partition coefficient (Wildman–Crippen LogP) is 1.65. The lowest BCUT2D eigenvalue weighted by molar-refractivity contribution is -0.121. The third kappa shape index (κ3) is 4.62. The summed E-state index contributed by atoms with van der Waals surface area (Å²) in [6.45, 7) is 1.88. The van der Waals surface area contributed by atoms with Gasteiger partial charge in [-0.2, -0.15) is 4.31 Å². The van der Waals surface area contributed by atoms with Crippen molar-refractivity contribution in [3.63, 3.8) is 0 Å². The van der Waals surface area contributed by atoms with Crippen molar-refractivity contribution in [2.75, 3.05) is 13.6 Å². The average Bonchev–Trinajstić information content (AvgIpc) is 3.08. The molecule has 8 heteroatoms. The number of likely N-dealkylation sites (N-methyl/N-ethyl adjacent to an activating group) is 1. The molecule has 6 nitrogen and oxygen atoms in total. The van der Waals surface area contributed by atoms with Crippen molar-refractivity contribution in [3.8, 4) is 0 Å². The first-order valence-electron chi connectivity index (χ1n) is 8.06. The number of sulfonamides is 1. The molecule has 140 valence electrons. The molecule has 0 saturated heterocycles. The molecule has 0 fully saturated rings. The molecule has 2 aromatic carbocycles. The molecule has 0 aliphatic carbocycles. The third-order valence-corrected chi connectivity index (χ3v) is 6.03. The molecule has 1 heterocycles. The van der Waals surface area contributed by atoms with E-state index in [1.54, 1.807) is 18.2 Å². The first-order valence-corrected chi connectivity index (χ1v) is 9.50. The highest BCUT2D eigenvalue weighted by molar-refractivity contribution is 7.89. The van der Waals surface area contributed by atoms with Gasteiger partial charge in [-0.15, -0.1) is 12.4 Å². The zero-order valence-electron chi connectivity index (χ0n) is 14.4. The first kappa shape index (κ1) is 20.4. The van der Waals surface area contributed by atoms with E-state index in [9.17, 15) is 13.2 Å². The van der Waals surface area contributed by atoms with Gasteiger partial charge in [0, 0.05) is 26.7 Å². The predicted molar refractivity (Wildman–Crippen MR) is 102 cm³/mol. The number of fused-ring (bicyclic) bond motifs is 1. The number of hydrogen-bond donors (Lipinski definition) is 2. The second kappa shape index (κ2) is 8.64. The molecule has 2 aromatic rings. The van der Waals surface area contributed by atoms with Crippen LogP contribution in [0.2, 0.25) is 0 Å². The van der Waals surface area contributed by atoms with Crippen LogP contribution in [-0.2, 0) is 34.5 Å². The quantitative estimate of drug-likeness (QED) is 0.779. The van der Waals surface area contributed by atoms with E-state index in [2.05, 4.69) is 22.8 Å². The minimum Gasteiger partial charge on any atom is -0.351 e. The van der Waals surface area contributed by atoms with Crippen LogP contribution in [0.4, 0.5) is 0 Å². The van der Waals surface area contributed by atoms with Crippen molar-refractivity contribution in [3.05, 3.63) is 65.2 Å². The molecule has 0 unspecified atom stereocenters. The second-order valence-electron chi connectivity index (χ2n) is 6.06. The standard InChI is InChI=1S/C18H21N3O3S.ClH/c1-21(25(23,24)17-5-3-2-4-6-17)13-18(22)20-10-14-7-8-15-11-19-12-16(15)9-14;/h2-9,19H,10-13H2,1H3,(H,20,22);1H. The van der Waals surface area contributed by atoms with Gasteiger partial charge in [-0.25, -0.2) is 8.42 Å². The second-order valence-corrected chi connectivity index (χ2v) is 8.10. The minimum absolute atomic E-state index is 0. The van der Waals surface area contributed by atoms with Gasteiger partial charge >= 0.3 is 0 Å². The zero-order valence-corrected chi connectivity index (χ0v) is 16.1. The van der Waals surface area contributed by atoms with Crippen molar-refractivity contribution in [1.82, 2.24) is 14.9 Å². The lowest BCUT2D eigenvalue weighted by atomic mass is 10.1. The summed E-state index contributed by atoms with van der Waals surface area (Å²) in [7, 11) is -2.26. The van der Waals surface area contributed by atoms with Crippen LogP contribution >= 0.6 is 12.4 Å². The molecule has 1 aliphatic heterocycles. The van der Waals surface area contributed by atoms with Crippen LogP contribution in [0, 0.1) is 0 Å². The van der Waals surface area contributed by atoms with Crippen LogP contribution in [0.3, 0.4) is 0 Å². The van der Waals surface area contributed by atoms with Crippen molar-refractivity contribution < 1.29 is 13.2 Å². The van der Waals surface area contributed by atoms with Crippen molar-refractivity contribution in [2.45, 2.75) is 24.5 Å². The summed E-state index contributed by atoms with van der Waals surface area (Å²) in [5.41, 5.74) is 3.53. The highest BCUT2D eigenvalue weighted by Gasteiger charge is 2.22. The number of rotatable bonds is 6.